The van der Waals surface area contributed by atoms with Crippen molar-refractivity contribution in [2.24, 2.45) is 0 Å². The number of nitrogens with two attached hydrogens (primary N) is 1. The molecule has 2 aromatic heterocycles. The summed E-state index contributed by atoms with van der Waals surface area (Å²) in [4.78, 5) is 10.2. The van der Waals surface area contributed by atoms with Crippen LogP contribution in [-0.4, -0.2) is 9.97 Å². The van der Waals surface area contributed by atoms with Gasteiger partial charge in [-0.15, -0.1) is 11.3 Å². The van der Waals surface area contributed by atoms with Gasteiger partial charge in [0.2, 0.25) is 0 Å². The second-order valence-corrected chi connectivity index (χ2v) is 5.12. The molecule has 1 aliphatic carbocycles. The van der Waals surface area contributed by atoms with Crippen LogP contribution < -0.4 is 5.73 Å². The maximum atomic E-state index is 5.79. The first kappa shape index (κ1) is 9.78. The van der Waals surface area contributed by atoms with Gasteiger partial charge in [0.05, 0.1) is 5.69 Å². The number of rotatable bonds is 1. The monoisotopic (exact) mass is 231 g/mol. The van der Waals surface area contributed by atoms with Crippen molar-refractivity contribution in [1.82, 2.24) is 9.97 Å². The molecule has 2 N–H and O–H groups in total. The van der Waals surface area contributed by atoms with Crippen LogP contribution in [-0.2, 0) is 6.42 Å². The van der Waals surface area contributed by atoms with Gasteiger partial charge < -0.3 is 5.73 Å². The summed E-state index contributed by atoms with van der Waals surface area (Å²) in [6.07, 6.45) is 5.25. The highest BCUT2D eigenvalue weighted by molar-refractivity contribution is 7.15. The average Bonchev–Trinajstić information content (AvgIpc) is 2.70. The van der Waals surface area contributed by atoms with Crippen LogP contribution in [0.25, 0.3) is 0 Å². The van der Waals surface area contributed by atoms with Gasteiger partial charge in [-0.05, 0) is 31.4 Å². The van der Waals surface area contributed by atoms with Crippen molar-refractivity contribution >= 4 is 16.5 Å². The third-order valence-electron chi connectivity index (χ3n) is 3.01. The summed E-state index contributed by atoms with van der Waals surface area (Å²) in [5, 5.41) is 0.688. The van der Waals surface area contributed by atoms with Crippen LogP contribution in [0.5, 0.6) is 0 Å². The van der Waals surface area contributed by atoms with Crippen LogP contribution in [0.1, 0.15) is 35.0 Å². The smallest absolute Gasteiger partial charge is 0.180 e. The summed E-state index contributed by atoms with van der Waals surface area (Å²) in [7, 11) is 0. The van der Waals surface area contributed by atoms with E-state index in [1.807, 2.05) is 18.3 Å². The zero-order chi connectivity index (χ0) is 11.0. The number of hydrogen-bond donors (Lipinski definition) is 1. The first-order valence-electron chi connectivity index (χ1n) is 5.50. The van der Waals surface area contributed by atoms with Crippen molar-refractivity contribution in [3.8, 4) is 0 Å². The Bertz CT molecular complexity index is 492. The molecule has 0 fully saturated rings. The molecule has 3 nitrogen and oxygen atoms in total. The van der Waals surface area contributed by atoms with Crippen LogP contribution in [0.4, 0.5) is 5.13 Å². The number of nitrogen functional groups attached to an aromatic ring is 1. The summed E-state index contributed by atoms with van der Waals surface area (Å²) in [6, 6.07) is 6.09. The molecule has 82 valence electrons. The van der Waals surface area contributed by atoms with E-state index in [2.05, 4.69) is 16.0 Å². The maximum Gasteiger partial charge on any atom is 0.180 e. The third-order valence-corrected chi connectivity index (χ3v) is 4.05. The Kier molecular flexibility index (Phi) is 2.36. The molecule has 1 unspecified atom stereocenters. The fourth-order valence-electron chi connectivity index (χ4n) is 2.30. The van der Waals surface area contributed by atoms with Gasteiger partial charge in [-0.1, -0.05) is 6.07 Å². The van der Waals surface area contributed by atoms with E-state index >= 15 is 0 Å². The largest absolute Gasteiger partial charge is 0.375 e. The standard InChI is InChI=1S/C12H13N3S/c13-12-15-10-6-3-4-8(11(10)16-12)9-5-1-2-7-14-9/h1-2,5,7-8H,3-4,6H2,(H2,13,15). The summed E-state index contributed by atoms with van der Waals surface area (Å²) in [5.74, 6) is 0.403. The van der Waals surface area contributed by atoms with Crippen molar-refractivity contribution in [3.63, 3.8) is 0 Å². The van der Waals surface area contributed by atoms with E-state index in [1.54, 1.807) is 11.3 Å². The Morgan fingerprint density at radius 2 is 2.31 bits per heavy atom. The van der Waals surface area contributed by atoms with E-state index in [0.29, 0.717) is 11.0 Å². The molecule has 0 amide bonds. The molecule has 4 heteroatoms. The Labute approximate surface area is 98.4 Å². The van der Waals surface area contributed by atoms with Crippen LogP contribution in [0.15, 0.2) is 24.4 Å². The Hall–Kier alpha value is -1.42. The molecule has 0 saturated heterocycles. The molecule has 2 aromatic rings. The zero-order valence-corrected chi connectivity index (χ0v) is 9.70. The summed E-state index contributed by atoms with van der Waals surface area (Å²) in [6.45, 7) is 0. The molecule has 0 saturated carbocycles. The molecule has 0 spiro atoms. The minimum absolute atomic E-state index is 0.403. The zero-order valence-electron chi connectivity index (χ0n) is 8.89. The van der Waals surface area contributed by atoms with Gasteiger partial charge in [0.15, 0.2) is 5.13 Å². The lowest BCUT2D eigenvalue weighted by Crippen LogP contribution is -2.10. The highest BCUT2D eigenvalue weighted by atomic mass is 32.1. The van der Waals surface area contributed by atoms with Gasteiger partial charge in [0.1, 0.15) is 0 Å². The second kappa shape index (κ2) is 3.87. The number of aryl methyl sites for hydroxylation is 1. The number of hydrogen-bond acceptors (Lipinski definition) is 4. The van der Waals surface area contributed by atoms with Crippen LogP contribution >= 0.6 is 11.3 Å². The van der Waals surface area contributed by atoms with E-state index in [-0.39, 0.29) is 0 Å². The van der Waals surface area contributed by atoms with E-state index in [9.17, 15) is 0 Å². The molecular formula is C12H13N3S. The number of fused-ring (bicyclic) bond motifs is 1. The summed E-state index contributed by atoms with van der Waals surface area (Å²) < 4.78 is 0. The summed E-state index contributed by atoms with van der Waals surface area (Å²) in [5.41, 5.74) is 8.12. The molecule has 0 radical (unpaired) electrons. The predicted molar refractivity (Wildman–Crippen MR) is 65.5 cm³/mol. The topological polar surface area (TPSA) is 51.8 Å². The second-order valence-electron chi connectivity index (χ2n) is 4.06. The fourth-order valence-corrected chi connectivity index (χ4v) is 3.33. The van der Waals surface area contributed by atoms with Gasteiger partial charge in [-0.3, -0.25) is 4.98 Å². The van der Waals surface area contributed by atoms with Crippen molar-refractivity contribution < 1.29 is 0 Å². The van der Waals surface area contributed by atoms with Gasteiger partial charge >= 0.3 is 0 Å². The molecular weight excluding hydrogens is 218 g/mol. The predicted octanol–water partition coefficient (Wildman–Crippen LogP) is 2.59. The van der Waals surface area contributed by atoms with Crippen LogP contribution in [0.3, 0.4) is 0 Å². The number of anilines is 1. The number of thiazole rings is 1. The van der Waals surface area contributed by atoms with E-state index in [0.717, 1.165) is 18.5 Å². The van der Waals surface area contributed by atoms with Gasteiger partial charge in [0.25, 0.3) is 0 Å². The van der Waals surface area contributed by atoms with Crippen molar-refractivity contribution in [2.75, 3.05) is 5.73 Å². The molecule has 0 aliphatic heterocycles. The molecule has 2 heterocycles. The Morgan fingerprint density at radius 1 is 1.38 bits per heavy atom. The number of aromatic nitrogens is 2. The highest BCUT2D eigenvalue weighted by Crippen LogP contribution is 2.39. The van der Waals surface area contributed by atoms with E-state index in [4.69, 9.17) is 5.73 Å². The van der Waals surface area contributed by atoms with E-state index < -0.39 is 0 Å². The van der Waals surface area contributed by atoms with Crippen molar-refractivity contribution in [2.45, 2.75) is 25.2 Å². The van der Waals surface area contributed by atoms with Gasteiger partial charge in [-0.2, -0.15) is 0 Å². The average molecular weight is 231 g/mol. The third kappa shape index (κ3) is 1.59. The van der Waals surface area contributed by atoms with E-state index in [1.165, 1.54) is 17.0 Å². The van der Waals surface area contributed by atoms with Crippen molar-refractivity contribution in [1.29, 1.82) is 0 Å². The molecule has 3 rings (SSSR count). The van der Waals surface area contributed by atoms with Crippen molar-refractivity contribution in [3.05, 3.63) is 40.7 Å². The number of pyridine rings is 1. The fraction of sp³-hybridized carbons (Fsp3) is 0.333. The SMILES string of the molecule is Nc1nc2c(s1)C(c1ccccn1)CCC2. The Balaban J connectivity index is 2.05. The quantitative estimate of drug-likeness (QED) is 0.820. The number of nitrogens with zero attached hydrogens (tertiary/aromatic N) is 2. The highest BCUT2D eigenvalue weighted by Gasteiger charge is 2.26. The van der Waals surface area contributed by atoms with Crippen LogP contribution in [0, 0.1) is 0 Å². The maximum absolute atomic E-state index is 5.79. The first-order chi connectivity index (χ1) is 7.84. The molecule has 1 atom stereocenters. The Morgan fingerprint density at radius 3 is 3.12 bits per heavy atom. The van der Waals surface area contributed by atoms with Gasteiger partial charge in [0, 0.05) is 22.7 Å². The molecule has 0 aromatic carbocycles. The minimum Gasteiger partial charge on any atom is -0.375 e. The lowest BCUT2D eigenvalue weighted by molar-refractivity contribution is 0.606. The first-order valence-corrected chi connectivity index (χ1v) is 6.32. The normalized spacial score (nSPS) is 19.4. The summed E-state index contributed by atoms with van der Waals surface area (Å²) >= 11 is 1.62. The lowest BCUT2D eigenvalue weighted by Gasteiger charge is -2.20. The lowest BCUT2D eigenvalue weighted by atomic mass is 9.89. The van der Waals surface area contributed by atoms with Crippen LogP contribution in [0.2, 0.25) is 0 Å². The minimum atomic E-state index is 0.403. The molecule has 16 heavy (non-hydrogen) atoms. The molecule has 0 bridgehead atoms. The molecule has 1 aliphatic rings. The van der Waals surface area contributed by atoms with Gasteiger partial charge in [-0.25, -0.2) is 4.98 Å².